The Morgan fingerprint density at radius 2 is 1.97 bits per heavy atom. The van der Waals surface area contributed by atoms with Crippen molar-refractivity contribution in [2.45, 2.75) is 71.8 Å². The normalized spacial score (nSPS) is 15.1. The number of rotatable bonds is 6. The van der Waals surface area contributed by atoms with Crippen molar-refractivity contribution in [1.82, 2.24) is 9.27 Å². The molecule has 0 radical (unpaired) electrons. The fourth-order valence-corrected chi connectivity index (χ4v) is 4.31. The van der Waals surface area contributed by atoms with Gasteiger partial charge in [0.05, 0.1) is 17.7 Å². The predicted octanol–water partition coefficient (Wildman–Crippen LogP) is 6.47. The minimum Gasteiger partial charge on any atom is -0.443 e. The van der Waals surface area contributed by atoms with Gasteiger partial charge in [-0.3, -0.25) is 0 Å². The van der Waals surface area contributed by atoms with E-state index in [1.807, 2.05) is 39.4 Å². The van der Waals surface area contributed by atoms with Gasteiger partial charge in [0.15, 0.2) is 0 Å². The molecular weight excluding hydrogens is 380 g/mol. The molecule has 5 nitrogen and oxygen atoms in total. The van der Waals surface area contributed by atoms with E-state index in [-0.39, 0.29) is 0 Å². The molecule has 0 atom stereocenters. The highest BCUT2D eigenvalue weighted by atomic mass is 32.1. The summed E-state index contributed by atoms with van der Waals surface area (Å²) in [6, 6.07) is 6.78. The summed E-state index contributed by atoms with van der Waals surface area (Å²) in [7, 11) is 2.02. The lowest BCUT2D eigenvalue weighted by Crippen LogP contribution is -2.24. The molecule has 1 aliphatic rings. The second kappa shape index (κ2) is 9.41. The SMILES string of the molecule is Cc1cc(Oc2snc(C3CCCCC3)c2C#N)c(C)cc1/N=C\N(C)C(C)C. The van der Waals surface area contributed by atoms with Crippen LogP contribution in [0.3, 0.4) is 0 Å². The first-order chi connectivity index (χ1) is 13.9. The average Bonchev–Trinajstić information content (AvgIpc) is 3.12. The third-order valence-electron chi connectivity index (χ3n) is 5.68. The molecule has 29 heavy (non-hydrogen) atoms. The van der Waals surface area contributed by atoms with Gasteiger partial charge in [0.1, 0.15) is 17.4 Å². The van der Waals surface area contributed by atoms with Crippen molar-refractivity contribution in [1.29, 1.82) is 5.26 Å². The van der Waals surface area contributed by atoms with Gasteiger partial charge in [-0.25, -0.2) is 4.99 Å². The van der Waals surface area contributed by atoms with Crippen molar-refractivity contribution in [2.24, 2.45) is 4.99 Å². The van der Waals surface area contributed by atoms with Crippen molar-refractivity contribution in [3.8, 4) is 16.9 Å². The maximum Gasteiger partial charge on any atom is 0.218 e. The van der Waals surface area contributed by atoms with E-state index in [0.29, 0.717) is 22.6 Å². The molecule has 6 heteroatoms. The van der Waals surface area contributed by atoms with Gasteiger partial charge in [-0.1, -0.05) is 19.3 Å². The molecule has 0 amide bonds. The van der Waals surface area contributed by atoms with Crippen LogP contribution >= 0.6 is 11.5 Å². The number of hydrogen-bond acceptors (Lipinski definition) is 5. The number of aliphatic imine (C=N–C) groups is 1. The largest absolute Gasteiger partial charge is 0.443 e. The number of benzene rings is 1. The summed E-state index contributed by atoms with van der Waals surface area (Å²) < 4.78 is 10.8. The van der Waals surface area contributed by atoms with Gasteiger partial charge in [-0.15, -0.1) is 0 Å². The van der Waals surface area contributed by atoms with Crippen molar-refractivity contribution in [3.05, 3.63) is 34.5 Å². The van der Waals surface area contributed by atoms with Crippen molar-refractivity contribution >= 4 is 23.6 Å². The molecule has 154 valence electrons. The Bertz CT molecular complexity index is 920. The Kier molecular flexibility index (Phi) is 6.92. The highest BCUT2D eigenvalue weighted by molar-refractivity contribution is 7.08. The number of aromatic nitrogens is 1. The summed E-state index contributed by atoms with van der Waals surface area (Å²) in [5, 5.41) is 10.3. The van der Waals surface area contributed by atoms with Gasteiger partial charge in [0.2, 0.25) is 5.06 Å². The summed E-state index contributed by atoms with van der Waals surface area (Å²) >= 11 is 1.29. The van der Waals surface area contributed by atoms with Gasteiger partial charge in [0, 0.05) is 30.5 Å². The van der Waals surface area contributed by atoms with Gasteiger partial charge < -0.3 is 9.64 Å². The van der Waals surface area contributed by atoms with E-state index in [9.17, 15) is 5.26 Å². The zero-order chi connectivity index (χ0) is 21.0. The topological polar surface area (TPSA) is 61.5 Å². The Morgan fingerprint density at radius 1 is 1.24 bits per heavy atom. The third kappa shape index (κ3) is 4.97. The molecule has 1 aromatic carbocycles. The molecule has 0 saturated heterocycles. The first-order valence-electron chi connectivity index (χ1n) is 10.4. The molecule has 0 unspecified atom stereocenters. The van der Waals surface area contributed by atoms with Gasteiger partial charge in [-0.2, -0.15) is 9.64 Å². The molecule has 3 rings (SSSR count). The van der Waals surface area contributed by atoms with Gasteiger partial charge in [-0.05, 0) is 63.8 Å². The molecule has 0 N–H and O–H groups in total. The van der Waals surface area contributed by atoms with Crippen LogP contribution in [-0.4, -0.2) is 28.7 Å². The number of nitriles is 1. The smallest absolute Gasteiger partial charge is 0.218 e. The van der Waals surface area contributed by atoms with E-state index in [1.54, 1.807) is 0 Å². The molecule has 0 aliphatic heterocycles. The lowest BCUT2D eigenvalue weighted by Gasteiger charge is -2.19. The van der Waals surface area contributed by atoms with Crippen LogP contribution in [0.15, 0.2) is 17.1 Å². The highest BCUT2D eigenvalue weighted by Gasteiger charge is 2.25. The highest BCUT2D eigenvalue weighted by Crippen LogP contribution is 2.41. The standard InChI is InChI=1S/C23H30N4OS/c1-15(2)27(5)14-25-20-11-17(4)21(12-16(20)3)28-23-19(13-24)22(26-29-23)18-9-7-6-8-10-18/h11-12,14-15,18H,6-10H2,1-5H3/b25-14-. The quantitative estimate of drug-likeness (QED) is 0.404. The fraction of sp³-hybridized carbons (Fsp3) is 0.522. The fourth-order valence-electron chi connectivity index (χ4n) is 3.52. The van der Waals surface area contributed by atoms with E-state index < -0.39 is 0 Å². The minimum atomic E-state index is 0.393. The minimum absolute atomic E-state index is 0.393. The van der Waals surface area contributed by atoms with Crippen LogP contribution in [0.1, 0.15) is 74.3 Å². The zero-order valence-corrected chi connectivity index (χ0v) is 18.8. The van der Waals surface area contributed by atoms with E-state index in [4.69, 9.17) is 4.74 Å². The molecule has 1 aromatic heterocycles. The molecular formula is C23H30N4OS. The third-order valence-corrected chi connectivity index (χ3v) is 6.42. The Hall–Kier alpha value is -2.39. The number of ether oxygens (including phenoxy) is 1. The van der Waals surface area contributed by atoms with Crippen LogP contribution in [0.25, 0.3) is 0 Å². The molecule has 0 spiro atoms. The molecule has 1 heterocycles. The predicted molar refractivity (Wildman–Crippen MR) is 120 cm³/mol. The number of aryl methyl sites for hydroxylation is 2. The average molecular weight is 411 g/mol. The Balaban J connectivity index is 1.83. The summed E-state index contributed by atoms with van der Waals surface area (Å²) in [6.45, 7) is 8.30. The summed E-state index contributed by atoms with van der Waals surface area (Å²) in [4.78, 5) is 6.69. The van der Waals surface area contributed by atoms with Crippen LogP contribution in [0.4, 0.5) is 5.69 Å². The van der Waals surface area contributed by atoms with Crippen LogP contribution < -0.4 is 4.74 Å². The summed E-state index contributed by atoms with van der Waals surface area (Å²) in [5.74, 6) is 1.15. The van der Waals surface area contributed by atoms with E-state index in [1.165, 1.54) is 30.8 Å². The molecule has 2 aromatic rings. The second-order valence-electron chi connectivity index (χ2n) is 8.19. The van der Waals surface area contributed by atoms with Crippen molar-refractivity contribution in [3.63, 3.8) is 0 Å². The van der Waals surface area contributed by atoms with Gasteiger partial charge >= 0.3 is 0 Å². The van der Waals surface area contributed by atoms with E-state index in [2.05, 4.69) is 34.2 Å². The number of nitrogens with zero attached hydrogens (tertiary/aromatic N) is 4. The summed E-state index contributed by atoms with van der Waals surface area (Å²) in [6.07, 6.45) is 7.82. The van der Waals surface area contributed by atoms with E-state index in [0.717, 1.165) is 41.1 Å². The number of hydrogen-bond donors (Lipinski definition) is 0. The lowest BCUT2D eigenvalue weighted by molar-refractivity contribution is 0.429. The molecule has 1 aliphatic carbocycles. The van der Waals surface area contributed by atoms with Crippen LogP contribution in [0.2, 0.25) is 0 Å². The van der Waals surface area contributed by atoms with Crippen LogP contribution in [-0.2, 0) is 0 Å². The first kappa shape index (κ1) is 21.3. The lowest BCUT2D eigenvalue weighted by atomic mass is 9.86. The van der Waals surface area contributed by atoms with Crippen molar-refractivity contribution < 1.29 is 4.74 Å². The zero-order valence-electron chi connectivity index (χ0n) is 18.0. The van der Waals surface area contributed by atoms with Crippen LogP contribution in [0, 0.1) is 25.2 Å². The molecule has 1 saturated carbocycles. The molecule has 0 bridgehead atoms. The van der Waals surface area contributed by atoms with Crippen LogP contribution in [0.5, 0.6) is 10.8 Å². The van der Waals surface area contributed by atoms with Crippen molar-refractivity contribution in [2.75, 3.05) is 7.05 Å². The maximum absolute atomic E-state index is 9.74. The second-order valence-corrected chi connectivity index (χ2v) is 8.92. The van der Waals surface area contributed by atoms with Gasteiger partial charge in [0.25, 0.3) is 0 Å². The van der Waals surface area contributed by atoms with E-state index >= 15 is 0 Å². The Labute approximate surface area is 178 Å². The monoisotopic (exact) mass is 410 g/mol. The molecule has 1 fully saturated rings. The Morgan fingerprint density at radius 3 is 2.62 bits per heavy atom. The summed E-state index contributed by atoms with van der Waals surface area (Å²) in [5.41, 5.74) is 4.50. The maximum atomic E-state index is 9.74. The first-order valence-corrected chi connectivity index (χ1v) is 11.1.